The minimum absolute atomic E-state index is 0.0223. The van der Waals surface area contributed by atoms with Crippen molar-refractivity contribution in [2.75, 3.05) is 46.7 Å². The number of nitrogens with zero attached hydrogens (tertiary/aromatic N) is 2. The summed E-state index contributed by atoms with van der Waals surface area (Å²) in [7, 11) is 7.58. The highest BCUT2D eigenvalue weighted by atomic mass is 16.5. The molecule has 6 bridgehead atoms. The van der Waals surface area contributed by atoms with Gasteiger partial charge in [-0.1, -0.05) is 24.8 Å². The third kappa shape index (κ3) is 6.25. The number of anilines is 1. The van der Waals surface area contributed by atoms with Gasteiger partial charge in [0.05, 0.1) is 26.5 Å². The Morgan fingerprint density at radius 1 is 0.898 bits per heavy atom. The number of hydrogen-bond acceptors (Lipinski definition) is 8. The van der Waals surface area contributed by atoms with Crippen LogP contribution in [0.3, 0.4) is 0 Å². The molecule has 0 unspecified atom stereocenters. The van der Waals surface area contributed by atoms with E-state index < -0.39 is 0 Å². The van der Waals surface area contributed by atoms with Gasteiger partial charge in [-0.05, 0) is 116 Å². The molecule has 9 nitrogen and oxygen atoms in total. The van der Waals surface area contributed by atoms with E-state index in [0.717, 1.165) is 53.7 Å². The molecule has 0 spiro atoms. The number of rotatable bonds is 5. The minimum atomic E-state index is -0.302. The second-order valence-corrected chi connectivity index (χ2v) is 13.1. The summed E-state index contributed by atoms with van der Waals surface area (Å²) < 4.78 is 25.4. The van der Waals surface area contributed by atoms with Crippen molar-refractivity contribution in [1.82, 2.24) is 9.80 Å². The number of ether oxygens (including phenoxy) is 4. The lowest BCUT2D eigenvalue weighted by Gasteiger charge is -2.37. The molecule has 0 aromatic heterocycles. The fraction of sp³-hybridized carbons (Fsp3) is 0.325. The van der Waals surface area contributed by atoms with Gasteiger partial charge in [-0.15, -0.1) is 0 Å². The third-order valence-corrected chi connectivity index (χ3v) is 10.2. The number of likely N-dealkylation sites (N-methyl/N-ethyl adjacent to an activating group) is 2. The van der Waals surface area contributed by atoms with Crippen LogP contribution in [0.4, 0.5) is 5.69 Å². The van der Waals surface area contributed by atoms with Crippen LogP contribution >= 0.6 is 0 Å². The Hall–Kier alpha value is -4.83. The molecule has 0 fully saturated rings. The maximum atomic E-state index is 12.3. The maximum absolute atomic E-state index is 12.3. The zero-order valence-corrected chi connectivity index (χ0v) is 28.5. The maximum Gasteiger partial charge on any atom is 0.247 e. The van der Waals surface area contributed by atoms with Crippen LogP contribution in [-0.2, 0) is 37.1 Å². The molecule has 0 radical (unpaired) electrons. The van der Waals surface area contributed by atoms with E-state index in [9.17, 15) is 9.90 Å². The molecule has 2 atom stereocenters. The Morgan fingerprint density at radius 3 is 2.33 bits per heavy atom. The zero-order valence-electron chi connectivity index (χ0n) is 28.5. The number of methoxy groups -OCH3 is 2. The minimum Gasteiger partial charge on any atom is -0.493 e. The van der Waals surface area contributed by atoms with E-state index >= 15 is 0 Å². The average Bonchev–Trinajstić information content (AvgIpc) is 3.11. The standard InChI is InChI=1S/C40H43N3O6/c1-6-37(45)41-31-12-9-25-18-32-30-22-36(35(46-4)21-26(30)13-15-42(32)2)49-40-38-27(20-28(23-44)39(40)47-5)14-16-43(3)33(38)17-24-7-10-29(11-8-24)48-34(31)19-25/h6-12,19-22,32-33,44H,1,13-18,23H2,2-5H3,(H,41,45)/t32-,33+/m1/s1. The molecule has 0 saturated heterocycles. The first-order valence-corrected chi connectivity index (χ1v) is 16.8. The third-order valence-electron chi connectivity index (χ3n) is 10.2. The van der Waals surface area contributed by atoms with E-state index in [0.29, 0.717) is 58.6 Å². The summed E-state index contributed by atoms with van der Waals surface area (Å²) in [4.78, 5) is 17.1. The normalized spacial score (nSPS) is 18.6. The van der Waals surface area contributed by atoms with E-state index in [1.165, 1.54) is 11.6 Å². The monoisotopic (exact) mass is 661 g/mol. The molecular weight excluding hydrogens is 618 g/mol. The van der Waals surface area contributed by atoms with Crippen LogP contribution < -0.4 is 24.3 Å². The number of aliphatic hydroxyl groups is 1. The summed E-state index contributed by atoms with van der Waals surface area (Å²) >= 11 is 0. The predicted octanol–water partition coefficient (Wildman–Crippen LogP) is 6.76. The summed E-state index contributed by atoms with van der Waals surface area (Å²) in [5.41, 5.74) is 8.02. The summed E-state index contributed by atoms with van der Waals surface area (Å²) in [6.45, 7) is 5.20. The van der Waals surface area contributed by atoms with Gasteiger partial charge in [0, 0.05) is 36.3 Å². The van der Waals surface area contributed by atoms with Gasteiger partial charge in [0.25, 0.3) is 0 Å². The van der Waals surface area contributed by atoms with Crippen molar-refractivity contribution in [3.05, 3.63) is 112 Å². The lowest BCUT2D eigenvalue weighted by molar-refractivity contribution is -0.111. The second-order valence-electron chi connectivity index (χ2n) is 13.1. The smallest absolute Gasteiger partial charge is 0.247 e. The topological polar surface area (TPSA) is 92.7 Å². The molecule has 4 aliphatic rings. The number of amides is 1. The number of hydrogen-bond donors (Lipinski definition) is 2. The highest BCUT2D eigenvalue weighted by Crippen LogP contribution is 2.50. The molecule has 2 N–H and O–H groups in total. The summed E-state index contributed by atoms with van der Waals surface area (Å²) in [6.07, 6.45) is 4.36. The van der Waals surface area contributed by atoms with Crippen LogP contribution in [0.25, 0.3) is 0 Å². The predicted molar refractivity (Wildman–Crippen MR) is 189 cm³/mol. The van der Waals surface area contributed by atoms with Crippen molar-refractivity contribution >= 4 is 11.6 Å². The molecule has 8 rings (SSSR count). The number of nitrogens with one attached hydrogen (secondary N) is 1. The van der Waals surface area contributed by atoms with Gasteiger partial charge in [0.2, 0.25) is 5.91 Å². The Morgan fingerprint density at radius 2 is 1.61 bits per heavy atom. The number of aliphatic hydroxyl groups excluding tert-OH is 1. The SMILES string of the molecule is C=CC(=O)Nc1ccc2cc1Oc1ccc(cc1)C[C@H]1c3c(cc(CO)c(OC)c3Oc3cc4c(cc3OC)CCN(C)[C@@H]4C2)CCN1C. The van der Waals surface area contributed by atoms with E-state index in [4.69, 9.17) is 18.9 Å². The van der Waals surface area contributed by atoms with Crippen LogP contribution in [0.15, 0.2) is 73.3 Å². The quantitative estimate of drug-likeness (QED) is 0.227. The summed E-state index contributed by atoms with van der Waals surface area (Å²) in [5, 5.41) is 13.4. The van der Waals surface area contributed by atoms with Crippen molar-refractivity contribution in [3.63, 3.8) is 0 Å². The van der Waals surface area contributed by atoms with E-state index in [1.54, 1.807) is 14.2 Å². The lowest BCUT2D eigenvalue weighted by atomic mass is 9.86. The lowest BCUT2D eigenvalue weighted by Crippen LogP contribution is -2.34. The van der Waals surface area contributed by atoms with Gasteiger partial charge in [-0.3, -0.25) is 14.6 Å². The van der Waals surface area contributed by atoms with Crippen molar-refractivity contribution in [1.29, 1.82) is 0 Å². The number of fused-ring (bicyclic) bond motifs is 2. The molecular formula is C40H43N3O6. The van der Waals surface area contributed by atoms with E-state index in [1.807, 2.05) is 30.3 Å². The van der Waals surface area contributed by atoms with Gasteiger partial charge in [0.1, 0.15) is 5.75 Å². The van der Waals surface area contributed by atoms with Crippen molar-refractivity contribution < 1.29 is 28.8 Å². The fourth-order valence-corrected chi connectivity index (χ4v) is 7.50. The number of carbonyl (C=O) groups excluding carboxylic acids is 1. The molecule has 9 heteroatoms. The first-order chi connectivity index (χ1) is 23.8. The van der Waals surface area contributed by atoms with E-state index in [-0.39, 0.29) is 24.6 Å². The second kappa shape index (κ2) is 13.6. The molecule has 4 aromatic rings. The highest BCUT2D eigenvalue weighted by molar-refractivity contribution is 6.00. The Bertz CT molecular complexity index is 1910. The molecule has 254 valence electrons. The van der Waals surface area contributed by atoms with Crippen molar-refractivity contribution in [2.45, 2.75) is 44.4 Å². The molecule has 49 heavy (non-hydrogen) atoms. The number of carbonyl (C=O) groups is 1. The molecule has 0 aliphatic carbocycles. The Balaban J connectivity index is 1.44. The first-order valence-electron chi connectivity index (χ1n) is 16.8. The molecule has 1 amide bonds. The van der Waals surface area contributed by atoms with Crippen LogP contribution in [-0.4, -0.2) is 62.2 Å². The number of benzene rings is 4. The van der Waals surface area contributed by atoms with Crippen LogP contribution in [0.1, 0.15) is 51.0 Å². The average molecular weight is 662 g/mol. The molecule has 0 saturated carbocycles. The Labute approximate surface area is 287 Å². The fourth-order valence-electron chi connectivity index (χ4n) is 7.50. The largest absolute Gasteiger partial charge is 0.493 e. The summed E-state index contributed by atoms with van der Waals surface area (Å²) in [6, 6.07) is 20.3. The van der Waals surface area contributed by atoms with Crippen molar-refractivity contribution in [2.24, 2.45) is 0 Å². The van der Waals surface area contributed by atoms with Crippen LogP contribution in [0, 0.1) is 0 Å². The van der Waals surface area contributed by atoms with Crippen LogP contribution in [0.2, 0.25) is 0 Å². The van der Waals surface area contributed by atoms with Gasteiger partial charge < -0.3 is 29.4 Å². The van der Waals surface area contributed by atoms with Crippen LogP contribution in [0.5, 0.6) is 34.5 Å². The van der Waals surface area contributed by atoms with Gasteiger partial charge in [-0.2, -0.15) is 0 Å². The van der Waals surface area contributed by atoms with E-state index in [2.05, 4.69) is 66.1 Å². The van der Waals surface area contributed by atoms with Crippen molar-refractivity contribution in [3.8, 4) is 34.5 Å². The zero-order chi connectivity index (χ0) is 34.2. The first kappa shape index (κ1) is 32.7. The molecule has 4 aliphatic heterocycles. The van der Waals surface area contributed by atoms with Gasteiger partial charge in [-0.25, -0.2) is 0 Å². The van der Waals surface area contributed by atoms with Gasteiger partial charge >= 0.3 is 0 Å². The molecule has 4 heterocycles. The highest BCUT2D eigenvalue weighted by Gasteiger charge is 2.34. The summed E-state index contributed by atoms with van der Waals surface area (Å²) in [5.74, 6) is 3.33. The molecule has 4 aromatic carbocycles. The van der Waals surface area contributed by atoms with Gasteiger partial charge in [0.15, 0.2) is 28.7 Å². The Kier molecular flexibility index (Phi) is 9.07.